The summed E-state index contributed by atoms with van der Waals surface area (Å²) in [4.78, 5) is 23.3. The average Bonchev–Trinajstić information content (AvgIpc) is 2.53. The topological polar surface area (TPSA) is 96.0 Å². The molecule has 1 aliphatic heterocycles. The van der Waals surface area contributed by atoms with Crippen molar-refractivity contribution in [3.05, 3.63) is 29.3 Å². The van der Waals surface area contributed by atoms with Crippen LogP contribution in [0.1, 0.15) is 20.7 Å². The third-order valence-electron chi connectivity index (χ3n) is 2.19. The first-order valence-corrected chi connectivity index (χ1v) is 5.39. The van der Waals surface area contributed by atoms with E-state index < -0.39 is 23.2 Å². The maximum Gasteiger partial charge on any atom is 0.287 e. The van der Waals surface area contributed by atoms with Gasteiger partial charge in [0.25, 0.3) is 11.8 Å². The van der Waals surface area contributed by atoms with Gasteiger partial charge < -0.3 is 9.29 Å². The van der Waals surface area contributed by atoms with Gasteiger partial charge in [-0.25, -0.2) is 4.21 Å². The van der Waals surface area contributed by atoms with Crippen LogP contribution in [0.3, 0.4) is 0 Å². The molecule has 2 amide bonds. The van der Waals surface area contributed by atoms with Crippen molar-refractivity contribution in [2.45, 2.75) is 0 Å². The van der Waals surface area contributed by atoms with Gasteiger partial charge in [0.1, 0.15) is 17.1 Å². The summed E-state index contributed by atoms with van der Waals surface area (Å²) < 4.78 is 29.7. The Bertz CT molecular complexity index is 528. The molecule has 1 unspecified atom stereocenters. The molecule has 7 nitrogen and oxygen atoms in total. The van der Waals surface area contributed by atoms with Crippen LogP contribution in [-0.4, -0.2) is 32.7 Å². The summed E-state index contributed by atoms with van der Waals surface area (Å²) in [7, 11) is 1.41. The Balaban J connectivity index is 2.42. The van der Waals surface area contributed by atoms with Crippen LogP contribution in [0.4, 0.5) is 0 Å². The number of nitrogens with zero attached hydrogens (tertiary/aromatic N) is 1. The van der Waals surface area contributed by atoms with Gasteiger partial charge >= 0.3 is 0 Å². The van der Waals surface area contributed by atoms with E-state index in [1.807, 2.05) is 0 Å². The van der Waals surface area contributed by atoms with Gasteiger partial charge in [-0.1, -0.05) is 0 Å². The first kappa shape index (κ1) is 11.7. The second-order valence-corrected chi connectivity index (χ2v) is 3.65. The van der Waals surface area contributed by atoms with Crippen molar-refractivity contribution in [1.82, 2.24) is 5.06 Å². The third kappa shape index (κ3) is 1.93. The van der Waals surface area contributed by atoms with E-state index in [1.54, 1.807) is 0 Å². The SMILES string of the molecule is COc1ccc2c(c1)C(=O)N(OS(=O)[O-])C2=O. The van der Waals surface area contributed by atoms with Gasteiger partial charge in [0.2, 0.25) is 0 Å². The molecule has 90 valence electrons. The number of carbonyl (C=O) groups is 2. The number of ether oxygens (including phenoxy) is 1. The molecule has 0 spiro atoms. The zero-order valence-corrected chi connectivity index (χ0v) is 9.35. The van der Waals surface area contributed by atoms with Gasteiger partial charge in [0.05, 0.1) is 18.2 Å². The van der Waals surface area contributed by atoms with Crippen molar-refractivity contribution in [3.63, 3.8) is 0 Å². The van der Waals surface area contributed by atoms with E-state index >= 15 is 0 Å². The molecule has 1 aromatic rings. The van der Waals surface area contributed by atoms with Crippen LogP contribution in [0.5, 0.6) is 5.75 Å². The second-order valence-electron chi connectivity index (χ2n) is 3.09. The van der Waals surface area contributed by atoms with Crippen molar-refractivity contribution in [2.75, 3.05) is 7.11 Å². The summed E-state index contributed by atoms with van der Waals surface area (Å²) in [6.45, 7) is 0. The Morgan fingerprint density at radius 2 is 1.88 bits per heavy atom. The first-order chi connectivity index (χ1) is 8.04. The number of imide groups is 1. The Morgan fingerprint density at radius 1 is 1.24 bits per heavy atom. The van der Waals surface area contributed by atoms with E-state index in [2.05, 4.69) is 4.28 Å². The monoisotopic (exact) mass is 256 g/mol. The summed E-state index contributed by atoms with van der Waals surface area (Å²) in [5.41, 5.74) is 0.112. The van der Waals surface area contributed by atoms with E-state index in [-0.39, 0.29) is 16.2 Å². The van der Waals surface area contributed by atoms with E-state index in [4.69, 9.17) is 4.74 Å². The van der Waals surface area contributed by atoms with Gasteiger partial charge in [-0.3, -0.25) is 9.59 Å². The lowest BCUT2D eigenvalue weighted by molar-refractivity contribution is -0.0118. The lowest BCUT2D eigenvalue weighted by Gasteiger charge is -2.13. The van der Waals surface area contributed by atoms with Crippen molar-refractivity contribution >= 4 is 23.2 Å². The zero-order chi connectivity index (χ0) is 12.6. The van der Waals surface area contributed by atoms with Crippen molar-refractivity contribution in [3.8, 4) is 5.75 Å². The molecule has 1 aromatic carbocycles. The molecular formula is C9H6NO6S-. The standard InChI is InChI=1S/C9H7NO6S/c1-15-5-2-3-6-7(4-5)9(12)10(8(6)11)16-17(13)14/h2-4H,1H3,(H,13,14)/p-1. The van der Waals surface area contributed by atoms with Gasteiger partial charge in [0, 0.05) is 0 Å². The Hall–Kier alpha value is -1.77. The summed E-state index contributed by atoms with van der Waals surface area (Å²) >= 11 is -2.99. The Morgan fingerprint density at radius 3 is 2.47 bits per heavy atom. The fraction of sp³-hybridized carbons (Fsp3) is 0.111. The molecule has 0 fully saturated rings. The molecular weight excluding hydrogens is 250 g/mol. The Kier molecular flexibility index (Phi) is 2.92. The fourth-order valence-corrected chi connectivity index (χ4v) is 1.71. The van der Waals surface area contributed by atoms with Crippen LogP contribution in [0.25, 0.3) is 0 Å². The summed E-state index contributed by atoms with van der Waals surface area (Å²) in [6, 6.07) is 4.19. The number of hydrogen-bond donors (Lipinski definition) is 0. The quantitative estimate of drug-likeness (QED) is 0.558. The lowest BCUT2D eigenvalue weighted by Crippen LogP contribution is -2.30. The number of rotatable bonds is 3. The predicted molar refractivity (Wildman–Crippen MR) is 53.5 cm³/mol. The van der Waals surface area contributed by atoms with Crippen LogP contribution in [0.15, 0.2) is 18.2 Å². The maximum absolute atomic E-state index is 11.7. The average molecular weight is 256 g/mol. The highest BCUT2D eigenvalue weighted by Gasteiger charge is 2.37. The van der Waals surface area contributed by atoms with Crippen LogP contribution in [-0.2, 0) is 15.6 Å². The highest BCUT2D eigenvalue weighted by molar-refractivity contribution is 7.74. The molecule has 0 radical (unpaired) electrons. The number of hydroxylamine groups is 2. The van der Waals surface area contributed by atoms with Crippen LogP contribution in [0, 0.1) is 0 Å². The molecule has 0 N–H and O–H groups in total. The summed E-state index contributed by atoms with van der Waals surface area (Å²) in [5.74, 6) is -1.28. The second kappa shape index (κ2) is 4.24. The number of fused-ring (bicyclic) bond motifs is 1. The molecule has 1 atom stereocenters. The van der Waals surface area contributed by atoms with Gasteiger partial charge in [0.15, 0.2) is 0 Å². The van der Waals surface area contributed by atoms with E-state index in [0.717, 1.165) is 0 Å². The lowest BCUT2D eigenvalue weighted by atomic mass is 10.1. The molecule has 0 aliphatic carbocycles. The molecule has 2 rings (SSSR count). The van der Waals surface area contributed by atoms with E-state index in [9.17, 15) is 18.4 Å². The normalized spacial score (nSPS) is 16.0. The molecule has 0 aromatic heterocycles. The number of carbonyl (C=O) groups excluding carboxylic acids is 2. The molecule has 1 aliphatic rings. The van der Waals surface area contributed by atoms with Crippen molar-refractivity contribution < 1.29 is 27.4 Å². The zero-order valence-electron chi connectivity index (χ0n) is 8.54. The van der Waals surface area contributed by atoms with Gasteiger partial charge in [-0.15, -0.1) is 5.06 Å². The molecule has 0 saturated carbocycles. The molecule has 8 heteroatoms. The fourth-order valence-electron chi connectivity index (χ4n) is 1.45. The molecule has 0 bridgehead atoms. The smallest absolute Gasteiger partial charge is 0.287 e. The van der Waals surface area contributed by atoms with E-state index in [0.29, 0.717) is 5.75 Å². The minimum atomic E-state index is -2.99. The largest absolute Gasteiger partial charge is 0.748 e. The number of benzene rings is 1. The first-order valence-electron chi connectivity index (χ1n) is 4.39. The van der Waals surface area contributed by atoms with Crippen LogP contribution in [0.2, 0.25) is 0 Å². The minimum Gasteiger partial charge on any atom is -0.748 e. The van der Waals surface area contributed by atoms with Crippen molar-refractivity contribution in [2.24, 2.45) is 0 Å². The Labute approximate surface area is 98.4 Å². The summed E-state index contributed by atoms with van der Waals surface area (Å²) in [5, 5.41) is 0.188. The van der Waals surface area contributed by atoms with E-state index in [1.165, 1.54) is 25.3 Å². The third-order valence-corrected chi connectivity index (χ3v) is 2.46. The highest BCUT2D eigenvalue weighted by Crippen LogP contribution is 2.26. The van der Waals surface area contributed by atoms with Crippen LogP contribution >= 0.6 is 0 Å². The molecule has 17 heavy (non-hydrogen) atoms. The number of hydrogen-bond acceptors (Lipinski definition) is 6. The van der Waals surface area contributed by atoms with Gasteiger partial charge in [-0.05, 0) is 18.2 Å². The van der Waals surface area contributed by atoms with Gasteiger partial charge in [-0.2, -0.15) is 4.28 Å². The van der Waals surface area contributed by atoms with Crippen molar-refractivity contribution in [1.29, 1.82) is 0 Å². The predicted octanol–water partition coefficient (Wildman–Crippen LogP) is 0.0169. The molecule has 1 heterocycles. The summed E-state index contributed by atoms with van der Waals surface area (Å²) in [6.07, 6.45) is 0. The number of methoxy groups -OCH3 is 1. The highest BCUT2D eigenvalue weighted by atomic mass is 32.2. The maximum atomic E-state index is 11.7. The number of amides is 2. The van der Waals surface area contributed by atoms with Crippen LogP contribution < -0.4 is 4.74 Å². The molecule has 0 saturated heterocycles. The minimum absolute atomic E-state index is 0.0415.